The van der Waals surface area contributed by atoms with E-state index in [4.69, 9.17) is 0 Å². The molecule has 1 aromatic carbocycles. The molecule has 1 unspecified atom stereocenters. The Morgan fingerprint density at radius 1 is 1.27 bits per heavy atom. The van der Waals surface area contributed by atoms with Crippen LogP contribution in [0.5, 0.6) is 0 Å². The molecule has 1 aliphatic rings. The topological polar surface area (TPSA) is 39.7 Å². The van der Waals surface area contributed by atoms with E-state index in [1.807, 2.05) is 6.92 Å². The van der Waals surface area contributed by atoms with Crippen LogP contribution in [0, 0.1) is 17.6 Å². The maximum absolute atomic E-state index is 13.6. The van der Waals surface area contributed by atoms with Crippen molar-refractivity contribution in [3.05, 3.63) is 35.4 Å². The number of benzene rings is 1. The maximum atomic E-state index is 13.6. The Morgan fingerprint density at radius 3 is 2.73 bits per heavy atom. The highest BCUT2D eigenvalue weighted by molar-refractivity contribution is 5.79. The van der Waals surface area contributed by atoms with Crippen molar-refractivity contribution in [2.24, 2.45) is 10.9 Å². The zero-order chi connectivity index (χ0) is 19.2. The molecule has 0 radical (unpaired) electrons. The van der Waals surface area contributed by atoms with Crippen molar-refractivity contribution >= 4 is 5.96 Å². The fourth-order valence-electron chi connectivity index (χ4n) is 2.89. The van der Waals surface area contributed by atoms with E-state index in [-0.39, 0.29) is 18.0 Å². The fourth-order valence-corrected chi connectivity index (χ4v) is 2.89. The number of halogens is 5. The summed E-state index contributed by atoms with van der Waals surface area (Å²) in [5.74, 6) is -0.576. The zero-order valence-corrected chi connectivity index (χ0v) is 14.5. The molecule has 146 valence electrons. The molecule has 1 saturated heterocycles. The minimum Gasteiger partial charge on any atom is -0.357 e. The van der Waals surface area contributed by atoms with Crippen LogP contribution < -0.4 is 10.6 Å². The van der Waals surface area contributed by atoms with Crippen LogP contribution in [0.15, 0.2) is 23.2 Å². The van der Waals surface area contributed by atoms with E-state index in [0.717, 1.165) is 18.2 Å². The van der Waals surface area contributed by atoms with Gasteiger partial charge in [0.05, 0.1) is 13.1 Å². The summed E-state index contributed by atoms with van der Waals surface area (Å²) in [6.07, 6.45) is -3.52. The molecule has 26 heavy (non-hydrogen) atoms. The molecule has 1 aromatic rings. The number of nitrogens with one attached hydrogen (secondary N) is 2. The summed E-state index contributed by atoms with van der Waals surface area (Å²) in [5.41, 5.74) is 0.138. The molecule has 1 atom stereocenters. The summed E-state index contributed by atoms with van der Waals surface area (Å²) in [6.45, 7) is 2.74. The Morgan fingerprint density at radius 2 is 2.04 bits per heavy atom. The average molecular weight is 378 g/mol. The van der Waals surface area contributed by atoms with Crippen LogP contribution in [0.3, 0.4) is 0 Å². The predicted octanol–water partition coefficient (Wildman–Crippen LogP) is 2.90. The highest BCUT2D eigenvalue weighted by Crippen LogP contribution is 2.22. The van der Waals surface area contributed by atoms with E-state index in [1.54, 1.807) is 0 Å². The van der Waals surface area contributed by atoms with Crippen LogP contribution in [-0.4, -0.2) is 49.8 Å². The smallest absolute Gasteiger partial charge is 0.357 e. The molecule has 4 nitrogen and oxygen atoms in total. The van der Waals surface area contributed by atoms with Gasteiger partial charge in [0.1, 0.15) is 11.6 Å². The van der Waals surface area contributed by atoms with E-state index in [2.05, 4.69) is 15.6 Å². The van der Waals surface area contributed by atoms with Gasteiger partial charge < -0.3 is 10.6 Å². The Bertz CT molecular complexity index is 618. The van der Waals surface area contributed by atoms with Crippen LogP contribution in [0.25, 0.3) is 0 Å². The van der Waals surface area contributed by atoms with E-state index >= 15 is 0 Å². The number of guanidine groups is 1. The van der Waals surface area contributed by atoms with Gasteiger partial charge in [0.2, 0.25) is 0 Å². The molecule has 0 bridgehead atoms. The summed E-state index contributed by atoms with van der Waals surface area (Å²) < 4.78 is 64.1. The normalized spacial score (nSPS) is 19.0. The van der Waals surface area contributed by atoms with Gasteiger partial charge in [-0.05, 0) is 44.0 Å². The standard InChI is InChI=1S/C17H23F5N4/c1-2-23-16(25-9-13-7-14(18)3-4-15(13)19)24-8-12-5-6-26(10-12)11-17(20,21)22/h3-4,7,12H,2,5-6,8-11H2,1H3,(H2,23,24,25). The van der Waals surface area contributed by atoms with Gasteiger partial charge in [-0.25, -0.2) is 13.8 Å². The van der Waals surface area contributed by atoms with E-state index in [9.17, 15) is 22.0 Å². The van der Waals surface area contributed by atoms with E-state index in [0.29, 0.717) is 38.6 Å². The van der Waals surface area contributed by atoms with Crippen molar-refractivity contribution in [3.8, 4) is 0 Å². The first kappa shape index (κ1) is 20.4. The van der Waals surface area contributed by atoms with Gasteiger partial charge in [-0.3, -0.25) is 4.90 Å². The molecule has 0 aliphatic carbocycles. The minimum atomic E-state index is -4.19. The molecular weight excluding hydrogens is 355 g/mol. The number of hydrogen-bond acceptors (Lipinski definition) is 2. The van der Waals surface area contributed by atoms with Crippen molar-refractivity contribution in [2.45, 2.75) is 26.1 Å². The van der Waals surface area contributed by atoms with Crippen molar-refractivity contribution in [2.75, 3.05) is 32.7 Å². The largest absolute Gasteiger partial charge is 0.401 e. The van der Waals surface area contributed by atoms with Crippen LogP contribution in [0.1, 0.15) is 18.9 Å². The Kier molecular flexibility index (Phi) is 7.19. The highest BCUT2D eigenvalue weighted by atomic mass is 19.4. The quantitative estimate of drug-likeness (QED) is 0.454. The second kappa shape index (κ2) is 9.16. The SMILES string of the molecule is CCNC(=NCc1cc(F)ccc1F)NCC1CCN(CC(F)(F)F)C1. The van der Waals surface area contributed by atoms with Gasteiger partial charge in [-0.15, -0.1) is 0 Å². The average Bonchev–Trinajstić information content (AvgIpc) is 2.98. The van der Waals surface area contributed by atoms with Crippen LogP contribution in [-0.2, 0) is 6.54 Å². The van der Waals surface area contributed by atoms with Crippen LogP contribution in [0.4, 0.5) is 22.0 Å². The van der Waals surface area contributed by atoms with Gasteiger partial charge >= 0.3 is 6.18 Å². The van der Waals surface area contributed by atoms with Gasteiger partial charge in [-0.1, -0.05) is 0 Å². The molecule has 2 rings (SSSR count). The Hall–Kier alpha value is -1.90. The second-order valence-electron chi connectivity index (χ2n) is 6.32. The molecular formula is C17H23F5N4. The third-order valence-electron chi connectivity index (χ3n) is 4.09. The molecule has 0 amide bonds. The lowest BCUT2D eigenvalue weighted by Crippen LogP contribution is -2.40. The lowest BCUT2D eigenvalue weighted by atomic mass is 10.1. The number of aliphatic imine (C=N–C) groups is 1. The van der Waals surface area contributed by atoms with E-state index < -0.39 is 24.4 Å². The van der Waals surface area contributed by atoms with Crippen molar-refractivity contribution in [3.63, 3.8) is 0 Å². The summed E-state index contributed by atoms with van der Waals surface area (Å²) >= 11 is 0. The Balaban J connectivity index is 1.87. The number of nitrogens with zero attached hydrogens (tertiary/aromatic N) is 2. The molecule has 0 spiro atoms. The first-order chi connectivity index (χ1) is 12.3. The molecule has 1 fully saturated rings. The lowest BCUT2D eigenvalue weighted by Gasteiger charge is -2.18. The van der Waals surface area contributed by atoms with Crippen molar-refractivity contribution in [1.29, 1.82) is 0 Å². The highest BCUT2D eigenvalue weighted by Gasteiger charge is 2.34. The van der Waals surface area contributed by atoms with Crippen molar-refractivity contribution in [1.82, 2.24) is 15.5 Å². The molecule has 9 heteroatoms. The molecule has 1 aliphatic heterocycles. The monoisotopic (exact) mass is 378 g/mol. The van der Waals surface area contributed by atoms with E-state index in [1.165, 1.54) is 4.90 Å². The van der Waals surface area contributed by atoms with Gasteiger partial charge in [-0.2, -0.15) is 13.2 Å². The molecule has 0 aromatic heterocycles. The first-order valence-corrected chi connectivity index (χ1v) is 8.52. The maximum Gasteiger partial charge on any atom is 0.401 e. The number of rotatable bonds is 6. The lowest BCUT2D eigenvalue weighted by molar-refractivity contribution is -0.143. The zero-order valence-electron chi connectivity index (χ0n) is 14.5. The summed E-state index contributed by atoms with van der Waals surface area (Å²) in [4.78, 5) is 5.61. The predicted molar refractivity (Wildman–Crippen MR) is 89.8 cm³/mol. The number of likely N-dealkylation sites (tertiary alicyclic amines) is 1. The summed E-state index contributed by atoms with van der Waals surface area (Å²) in [7, 11) is 0. The third-order valence-corrected chi connectivity index (χ3v) is 4.09. The first-order valence-electron chi connectivity index (χ1n) is 8.52. The minimum absolute atomic E-state index is 0.0379. The second-order valence-corrected chi connectivity index (χ2v) is 6.32. The van der Waals surface area contributed by atoms with Gasteiger partial charge in [0.25, 0.3) is 0 Å². The van der Waals surface area contributed by atoms with Gasteiger partial charge in [0.15, 0.2) is 5.96 Å². The molecule has 2 N–H and O–H groups in total. The Labute approximate surface area is 149 Å². The molecule has 0 saturated carbocycles. The number of hydrogen-bond donors (Lipinski definition) is 2. The fraction of sp³-hybridized carbons (Fsp3) is 0.588. The van der Waals surface area contributed by atoms with Gasteiger partial charge in [0, 0.05) is 25.2 Å². The van der Waals surface area contributed by atoms with Crippen LogP contribution >= 0.6 is 0 Å². The molecule has 1 heterocycles. The third kappa shape index (κ3) is 6.78. The van der Waals surface area contributed by atoms with Crippen molar-refractivity contribution < 1.29 is 22.0 Å². The summed E-state index contributed by atoms with van der Waals surface area (Å²) in [6, 6.07) is 3.18. The van der Waals surface area contributed by atoms with Crippen LogP contribution in [0.2, 0.25) is 0 Å². The summed E-state index contributed by atoms with van der Waals surface area (Å²) in [5, 5.41) is 6.05. The number of alkyl halides is 3.